The zero-order chi connectivity index (χ0) is 20.4. The van der Waals surface area contributed by atoms with Crippen LogP contribution < -0.4 is 0 Å². The van der Waals surface area contributed by atoms with Crippen LogP contribution in [0.2, 0.25) is 0 Å². The van der Waals surface area contributed by atoms with Gasteiger partial charge in [0.05, 0.1) is 17.1 Å². The lowest BCUT2D eigenvalue weighted by molar-refractivity contribution is 0.0785. The van der Waals surface area contributed by atoms with Crippen molar-refractivity contribution in [1.29, 1.82) is 0 Å². The van der Waals surface area contributed by atoms with Crippen LogP contribution in [0.4, 0.5) is 0 Å². The highest BCUT2D eigenvalue weighted by Crippen LogP contribution is 2.15. The summed E-state index contributed by atoms with van der Waals surface area (Å²) in [5.74, 6) is -0.0229. The molecule has 29 heavy (non-hydrogen) atoms. The number of amides is 1. The zero-order valence-electron chi connectivity index (χ0n) is 16.6. The molecule has 0 aliphatic carbocycles. The lowest BCUT2D eigenvalue weighted by Gasteiger charge is -2.18. The second kappa shape index (κ2) is 7.71. The third-order valence-corrected chi connectivity index (χ3v) is 4.75. The molecule has 0 saturated carbocycles. The Morgan fingerprint density at radius 2 is 1.69 bits per heavy atom. The van der Waals surface area contributed by atoms with Gasteiger partial charge in [-0.2, -0.15) is 10.2 Å². The largest absolute Gasteiger partial charge is 0.337 e. The van der Waals surface area contributed by atoms with Crippen LogP contribution in [-0.2, 0) is 6.54 Å². The van der Waals surface area contributed by atoms with Crippen molar-refractivity contribution < 1.29 is 4.79 Å². The van der Waals surface area contributed by atoms with Gasteiger partial charge in [0.2, 0.25) is 0 Å². The summed E-state index contributed by atoms with van der Waals surface area (Å²) in [7, 11) is 1.81. The molecule has 2 heterocycles. The molecule has 0 atom stereocenters. The van der Waals surface area contributed by atoms with Gasteiger partial charge in [0.25, 0.3) is 5.91 Å². The van der Waals surface area contributed by atoms with Gasteiger partial charge >= 0.3 is 0 Å². The Balaban J connectivity index is 1.44. The second-order valence-corrected chi connectivity index (χ2v) is 7.05. The van der Waals surface area contributed by atoms with E-state index in [0.717, 1.165) is 28.3 Å². The average molecular weight is 386 g/mol. The Kier molecular flexibility index (Phi) is 4.95. The minimum Gasteiger partial charge on any atom is -0.337 e. The quantitative estimate of drug-likeness (QED) is 0.528. The van der Waals surface area contributed by atoms with Crippen LogP contribution in [0.25, 0.3) is 11.4 Å². The molecule has 4 rings (SSSR count). The highest BCUT2D eigenvalue weighted by molar-refractivity contribution is 5.94. The van der Waals surface area contributed by atoms with Crippen LogP contribution in [0.3, 0.4) is 0 Å². The molecule has 0 N–H and O–H groups in total. The topological polar surface area (TPSA) is 68.8 Å². The molecule has 7 heteroatoms. The van der Waals surface area contributed by atoms with Crippen molar-refractivity contribution in [1.82, 2.24) is 29.4 Å². The van der Waals surface area contributed by atoms with E-state index in [1.165, 1.54) is 6.33 Å². The molecule has 4 aromatic rings. The number of hydrogen-bond donors (Lipinski definition) is 0. The van der Waals surface area contributed by atoms with Crippen LogP contribution in [0.5, 0.6) is 0 Å². The van der Waals surface area contributed by atoms with Gasteiger partial charge in [-0.1, -0.05) is 12.1 Å². The Hall–Kier alpha value is -3.74. The summed E-state index contributed by atoms with van der Waals surface area (Å²) in [6, 6.07) is 17.5. The fraction of sp³-hybridized carbons (Fsp3) is 0.182. The molecule has 2 aromatic heterocycles. The fourth-order valence-corrected chi connectivity index (χ4v) is 3.30. The Morgan fingerprint density at radius 3 is 2.28 bits per heavy atom. The molecule has 0 bridgehead atoms. The molecule has 0 aliphatic heterocycles. The van der Waals surface area contributed by atoms with Crippen LogP contribution in [0.1, 0.15) is 27.3 Å². The third kappa shape index (κ3) is 3.94. The summed E-state index contributed by atoms with van der Waals surface area (Å²) in [5, 5.41) is 8.60. The molecule has 146 valence electrons. The van der Waals surface area contributed by atoms with Gasteiger partial charge in [0.1, 0.15) is 12.7 Å². The van der Waals surface area contributed by atoms with Gasteiger partial charge in [-0.25, -0.2) is 14.3 Å². The Morgan fingerprint density at radius 1 is 1.00 bits per heavy atom. The van der Waals surface area contributed by atoms with Gasteiger partial charge < -0.3 is 4.90 Å². The first kappa shape index (κ1) is 18.6. The number of hydrogen-bond acceptors (Lipinski definition) is 4. The first-order valence-electron chi connectivity index (χ1n) is 9.34. The van der Waals surface area contributed by atoms with Crippen LogP contribution >= 0.6 is 0 Å². The second-order valence-electron chi connectivity index (χ2n) is 7.05. The van der Waals surface area contributed by atoms with Crippen LogP contribution in [0.15, 0.2) is 67.3 Å². The first-order chi connectivity index (χ1) is 14.0. The number of benzene rings is 2. The van der Waals surface area contributed by atoms with Gasteiger partial charge in [-0.15, -0.1) is 0 Å². The molecule has 0 unspecified atom stereocenters. The van der Waals surface area contributed by atoms with Crippen molar-refractivity contribution in [3.63, 3.8) is 0 Å². The number of rotatable bonds is 5. The van der Waals surface area contributed by atoms with E-state index in [4.69, 9.17) is 0 Å². The number of nitrogens with zero attached hydrogens (tertiary/aromatic N) is 6. The van der Waals surface area contributed by atoms with Gasteiger partial charge in [0.15, 0.2) is 0 Å². The molecule has 0 radical (unpaired) electrons. The highest BCUT2D eigenvalue weighted by Gasteiger charge is 2.13. The molecule has 0 fully saturated rings. The maximum absolute atomic E-state index is 12.8. The van der Waals surface area contributed by atoms with Crippen molar-refractivity contribution in [2.75, 3.05) is 7.05 Å². The van der Waals surface area contributed by atoms with Crippen molar-refractivity contribution in [2.45, 2.75) is 20.4 Å². The third-order valence-electron chi connectivity index (χ3n) is 4.75. The van der Waals surface area contributed by atoms with E-state index in [-0.39, 0.29) is 5.91 Å². The molecule has 2 aromatic carbocycles. The molecular formula is C22H22N6O. The Labute approximate surface area is 169 Å². The summed E-state index contributed by atoms with van der Waals surface area (Å²) < 4.78 is 3.58. The summed E-state index contributed by atoms with van der Waals surface area (Å²) in [5.41, 5.74) is 5.60. The van der Waals surface area contributed by atoms with Crippen molar-refractivity contribution >= 4 is 5.91 Å². The maximum Gasteiger partial charge on any atom is 0.253 e. The van der Waals surface area contributed by atoms with Crippen LogP contribution in [-0.4, -0.2) is 42.4 Å². The minimum atomic E-state index is -0.0229. The van der Waals surface area contributed by atoms with E-state index in [2.05, 4.69) is 15.2 Å². The van der Waals surface area contributed by atoms with E-state index >= 15 is 0 Å². The van der Waals surface area contributed by atoms with E-state index in [0.29, 0.717) is 12.1 Å². The average Bonchev–Trinajstić information content (AvgIpc) is 3.38. The van der Waals surface area contributed by atoms with Gasteiger partial charge in [-0.05, 0) is 61.9 Å². The Bertz CT molecular complexity index is 1110. The number of carbonyl (C=O) groups excluding carboxylic acids is 1. The standard InChI is InChI=1S/C22H22N6O/c1-16-12-17(2)28(25-16)21-10-6-19(7-11-21)22(29)26(3)13-18-4-8-20(9-5-18)27-15-23-14-24-27/h4-12,14-15H,13H2,1-3H3. The van der Waals surface area contributed by atoms with E-state index in [1.807, 2.05) is 80.2 Å². The minimum absolute atomic E-state index is 0.0229. The lowest BCUT2D eigenvalue weighted by Crippen LogP contribution is -2.26. The van der Waals surface area contributed by atoms with Crippen molar-refractivity contribution in [2.24, 2.45) is 0 Å². The summed E-state index contributed by atoms with van der Waals surface area (Å²) >= 11 is 0. The molecule has 1 amide bonds. The smallest absolute Gasteiger partial charge is 0.253 e. The summed E-state index contributed by atoms with van der Waals surface area (Å²) in [6.45, 7) is 4.51. The van der Waals surface area contributed by atoms with E-state index in [9.17, 15) is 4.79 Å². The predicted molar refractivity (Wildman–Crippen MR) is 110 cm³/mol. The van der Waals surface area contributed by atoms with Gasteiger partial charge in [0, 0.05) is 24.8 Å². The zero-order valence-corrected chi connectivity index (χ0v) is 16.6. The molecule has 0 aliphatic rings. The molecular weight excluding hydrogens is 364 g/mol. The number of aryl methyl sites for hydroxylation is 2. The monoisotopic (exact) mass is 386 g/mol. The molecule has 7 nitrogen and oxygen atoms in total. The van der Waals surface area contributed by atoms with Crippen LogP contribution in [0, 0.1) is 13.8 Å². The summed E-state index contributed by atoms with van der Waals surface area (Å²) in [4.78, 5) is 18.5. The van der Waals surface area contributed by atoms with Crippen molar-refractivity contribution in [3.8, 4) is 11.4 Å². The fourth-order valence-electron chi connectivity index (χ4n) is 3.30. The highest BCUT2D eigenvalue weighted by atomic mass is 16.2. The molecule has 0 saturated heterocycles. The van der Waals surface area contributed by atoms with Crippen molar-refractivity contribution in [3.05, 3.63) is 89.8 Å². The predicted octanol–water partition coefficient (Wildman–Crippen LogP) is 3.34. The molecule has 0 spiro atoms. The SMILES string of the molecule is Cc1cc(C)n(-c2ccc(C(=O)N(C)Cc3ccc(-n4cncn4)cc3)cc2)n1. The van der Waals surface area contributed by atoms with E-state index < -0.39 is 0 Å². The lowest BCUT2D eigenvalue weighted by atomic mass is 10.1. The summed E-state index contributed by atoms with van der Waals surface area (Å²) in [6.07, 6.45) is 3.15. The maximum atomic E-state index is 12.8. The number of carbonyl (C=O) groups is 1. The van der Waals surface area contributed by atoms with Gasteiger partial charge in [-0.3, -0.25) is 4.79 Å². The normalized spacial score (nSPS) is 10.9. The number of aromatic nitrogens is 5. The first-order valence-corrected chi connectivity index (χ1v) is 9.34. The van der Waals surface area contributed by atoms with E-state index in [1.54, 1.807) is 15.9 Å².